The summed E-state index contributed by atoms with van der Waals surface area (Å²) in [6, 6.07) is 7.69. The van der Waals surface area contributed by atoms with Gasteiger partial charge in [-0.1, -0.05) is 29.3 Å². The lowest BCUT2D eigenvalue weighted by atomic mass is 10.1. The van der Waals surface area contributed by atoms with Crippen LogP contribution in [0.15, 0.2) is 30.3 Å². The lowest BCUT2D eigenvalue weighted by Crippen LogP contribution is -2.29. The van der Waals surface area contributed by atoms with Crippen molar-refractivity contribution in [2.24, 2.45) is 0 Å². The van der Waals surface area contributed by atoms with Crippen molar-refractivity contribution < 1.29 is 19.1 Å². The van der Waals surface area contributed by atoms with Crippen molar-refractivity contribution in [3.05, 3.63) is 57.1 Å². The number of halogens is 2. The number of ether oxygens (including phenoxy) is 1. The minimum Gasteiger partial charge on any atom is -0.465 e. The number of rotatable bonds is 3. The van der Waals surface area contributed by atoms with Gasteiger partial charge in [0, 0.05) is 0 Å². The Kier molecular flexibility index (Phi) is 6.23. The van der Waals surface area contributed by atoms with Gasteiger partial charge in [-0.15, -0.1) is 0 Å². The molecule has 0 heterocycles. The van der Waals surface area contributed by atoms with Gasteiger partial charge in [0.25, 0.3) is 0 Å². The predicted octanol–water partition coefficient (Wildman–Crippen LogP) is 3.97. The molecule has 0 unspecified atom stereocenters. The van der Waals surface area contributed by atoms with Gasteiger partial charge < -0.3 is 15.4 Å². The Balaban J connectivity index is 2.18. The minimum atomic E-state index is -0.954. The van der Waals surface area contributed by atoms with Crippen LogP contribution in [0.3, 0.4) is 0 Å². The van der Waals surface area contributed by atoms with Crippen molar-refractivity contribution in [3.63, 3.8) is 0 Å². The Morgan fingerprint density at radius 1 is 0.923 bits per heavy atom. The van der Waals surface area contributed by atoms with E-state index in [9.17, 15) is 14.4 Å². The third-order valence-corrected chi connectivity index (χ3v) is 4.14. The van der Waals surface area contributed by atoms with Gasteiger partial charge in [0.1, 0.15) is 0 Å². The van der Waals surface area contributed by atoms with Gasteiger partial charge in [0.2, 0.25) is 0 Å². The molecule has 0 atom stereocenters. The topological polar surface area (TPSA) is 84.5 Å². The van der Waals surface area contributed by atoms with Crippen LogP contribution in [-0.2, 0) is 14.3 Å². The first kappa shape index (κ1) is 19.8. The molecule has 0 saturated carbocycles. The molecule has 0 aliphatic heterocycles. The summed E-state index contributed by atoms with van der Waals surface area (Å²) in [4.78, 5) is 35.9. The Morgan fingerprint density at radius 2 is 1.58 bits per heavy atom. The standard InChI is InChI=1S/C18H16Cl2N2O4/c1-9-6-10(2)15(13(20)7-9)22-17(24)16(23)21-14-8-11(18(25)26-3)4-5-12(14)19/h4-8H,1-3H3,(H,21,23)(H,22,24). The minimum absolute atomic E-state index is 0.112. The molecular weight excluding hydrogens is 379 g/mol. The molecule has 26 heavy (non-hydrogen) atoms. The number of amides is 2. The second kappa shape index (κ2) is 8.21. The molecule has 2 N–H and O–H groups in total. The smallest absolute Gasteiger partial charge is 0.337 e. The van der Waals surface area contributed by atoms with Crippen LogP contribution in [0, 0.1) is 13.8 Å². The van der Waals surface area contributed by atoms with E-state index in [2.05, 4.69) is 15.4 Å². The van der Waals surface area contributed by atoms with Crippen molar-refractivity contribution >= 4 is 52.4 Å². The molecule has 136 valence electrons. The molecule has 0 aliphatic carbocycles. The zero-order valence-electron chi connectivity index (χ0n) is 14.3. The van der Waals surface area contributed by atoms with Crippen LogP contribution in [-0.4, -0.2) is 24.9 Å². The fourth-order valence-electron chi connectivity index (χ4n) is 2.29. The zero-order valence-corrected chi connectivity index (χ0v) is 15.8. The van der Waals surface area contributed by atoms with E-state index in [0.29, 0.717) is 10.7 Å². The lowest BCUT2D eigenvalue weighted by Gasteiger charge is -2.12. The second-order valence-electron chi connectivity index (χ2n) is 5.53. The fraction of sp³-hybridized carbons (Fsp3) is 0.167. The normalized spacial score (nSPS) is 10.2. The molecule has 2 aromatic carbocycles. The van der Waals surface area contributed by atoms with Crippen molar-refractivity contribution in [1.29, 1.82) is 0 Å². The molecule has 0 saturated heterocycles. The van der Waals surface area contributed by atoms with Gasteiger partial charge in [0.05, 0.1) is 34.1 Å². The van der Waals surface area contributed by atoms with Gasteiger partial charge in [-0.3, -0.25) is 9.59 Å². The molecule has 6 nitrogen and oxygen atoms in total. The molecule has 0 aliphatic rings. The highest BCUT2D eigenvalue weighted by Gasteiger charge is 2.19. The van der Waals surface area contributed by atoms with E-state index >= 15 is 0 Å². The van der Waals surface area contributed by atoms with Crippen LogP contribution in [0.1, 0.15) is 21.5 Å². The number of benzene rings is 2. The number of carbonyl (C=O) groups excluding carboxylic acids is 3. The number of hydrogen-bond acceptors (Lipinski definition) is 4. The Morgan fingerprint density at radius 3 is 2.19 bits per heavy atom. The van der Waals surface area contributed by atoms with Crippen LogP contribution in [0.4, 0.5) is 11.4 Å². The maximum atomic E-state index is 12.2. The van der Waals surface area contributed by atoms with Gasteiger partial charge in [0.15, 0.2) is 0 Å². The molecule has 0 aromatic heterocycles. The van der Waals surface area contributed by atoms with Crippen molar-refractivity contribution in [2.45, 2.75) is 13.8 Å². The molecule has 0 fully saturated rings. The van der Waals surface area contributed by atoms with E-state index in [1.165, 1.54) is 25.3 Å². The third kappa shape index (κ3) is 4.53. The number of carbonyl (C=O) groups is 3. The van der Waals surface area contributed by atoms with Crippen LogP contribution >= 0.6 is 23.2 Å². The Labute approximate surface area is 160 Å². The first-order chi connectivity index (χ1) is 12.2. The number of esters is 1. The summed E-state index contributed by atoms with van der Waals surface area (Å²) in [5, 5.41) is 5.34. The van der Waals surface area contributed by atoms with E-state index in [0.717, 1.165) is 11.1 Å². The first-order valence-corrected chi connectivity index (χ1v) is 8.25. The van der Waals surface area contributed by atoms with Crippen LogP contribution < -0.4 is 10.6 Å². The zero-order chi connectivity index (χ0) is 19.4. The molecule has 2 rings (SSSR count). The molecule has 0 radical (unpaired) electrons. The highest BCUT2D eigenvalue weighted by atomic mass is 35.5. The number of nitrogens with one attached hydrogen (secondary N) is 2. The van der Waals surface area contributed by atoms with E-state index < -0.39 is 17.8 Å². The summed E-state index contributed by atoms with van der Waals surface area (Å²) >= 11 is 12.1. The average molecular weight is 395 g/mol. The average Bonchev–Trinajstić information content (AvgIpc) is 2.58. The third-order valence-electron chi connectivity index (χ3n) is 3.51. The van der Waals surface area contributed by atoms with Gasteiger partial charge >= 0.3 is 17.8 Å². The largest absolute Gasteiger partial charge is 0.465 e. The SMILES string of the molecule is COC(=O)c1ccc(Cl)c(NC(=O)C(=O)Nc2c(C)cc(C)cc2Cl)c1. The lowest BCUT2D eigenvalue weighted by molar-refractivity contribution is -0.133. The maximum absolute atomic E-state index is 12.2. The monoisotopic (exact) mass is 394 g/mol. The van der Waals surface area contributed by atoms with Crippen LogP contribution in [0.5, 0.6) is 0 Å². The van der Waals surface area contributed by atoms with E-state index in [-0.39, 0.29) is 16.3 Å². The molecular formula is C18H16Cl2N2O4. The summed E-state index contributed by atoms with van der Waals surface area (Å²) < 4.78 is 4.61. The summed E-state index contributed by atoms with van der Waals surface area (Å²) in [6.45, 7) is 3.64. The summed E-state index contributed by atoms with van der Waals surface area (Å²) in [7, 11) is 1.23. The molecule has 0 bridgehead atoms. The highest BCUT2D eigenvalue weighted by Crippen LogP contribution is 2.28. The van der Waals surface area contributed by atoms with Crippen LogP contribution in [0.25, 0.3) is 0 Å². The van der Waals surface area contributed by atoms with Gasteiger partial charge in [-0.05, 0) is 49.2 Å². The summed E-state index contributed by atoms with van der Waals surface area (Å²) in [5.74, 6) is -2.47. The number of anilines is 2. The molecule has 2 aromatic rings. The fourth-order valence-corrected chi connectivity index (χ4v) is 2.82. The van der Waals surface area contributed by atoms with E-state index in [1.807, 2.05) is 13.0 Å². The number of hydrogen-bond donors (Lipinski definition) is 2. The van der Waals surface area contributed by atoms with E-state index in [1.54, 1.807) is 13.0 Å². The quantitative estimate of drug-likeness (QED) is 0.608. The highest BCUT2D eigenvalue weighted by molar-refractivity contribution is 6.46. The molecule has 8 heteroatoms. The van der Waals surface area contributed by atoms with Gasteiger partial charge in [-0.25, -0.2) is 4.79 Å². The second-order valence-corrected chi connectivity index (χ2v) is 6.35. The Hall–Kier alpha value is -2.57. The summed E-state index contributed by atoms with van der Waals surface area (Å²) in [6.07, 6.45) is 0. The van der Waals surface area contributed by atoms with Crippen molar-refractivity contribution in [1.82, 2.24) is 0 Å². The molecule has 0 spiro atoms. The van der Waals surface area contributed by atoms with E-state index in [4.69, 9.17) is 23.2 Å². The predicted molar refractivity (Wildman–Crippen MR) is 101 cm³/mol. The van der Waals surface area contributed by atoms with Gasteiger partial charge in [-0.2, -0.15) is 0 Å². The number of aryl methyl sites for hydroxylation is 2. The summed E-state index contributed by atoms with van der Waals surface area (Å²) in [5.41, 5.74) is 2.31. The van der Waals surface area contributed by atoms with Crippen molar-refractivity contribution in [2.75, 3.05) is 17.7 Å². The Bertz CT molecular complexity index is 874. The number of methoxy groups -OCH3 is 1. The first-order valence-electron chi connectivity index (χ1n) is 7.50. The molecule has 2 amide bonds. The maximum Gasteiger partial charge on any atom is 0.337 e. The van der Waals surface area contributed by atoms with Crippen molar-refractivity contribution in [3.8, 4) is 0 Å². The van der Waals surface area contributed by atoms with Crippen LogP contribution in [0.2, 0.25) is 10.0 Å².